The summed E-state index contributed by atoms with van der Waals surface area (Å²) >= 11 is 5.88. The van der Waals surface area contributed by atoms with Crippen molar-refractivity contribution in [3.8, 4) is 0 Å². The summed E-state index contributed by atoms with van der Waals surface area (Å²) in [6, 6.07) is 9.64. The average molecular weight is 332 g/mol. The highest BCUT2D eigenvalue weighted by Crippen LogP contribution is 2.17. The van der Waals surface area contributed by atoms with Crippen LogP contribution < -0.4 is 10.2 Å². The number of rotatable bonds is 5. The lowest BCUT2D eigenvalue weighted by Gasteiger charge is -2.33. The molecular weight excluding hydrogens is 314 g/mol. The fraction of sp³-hybridized carbons (Fsp3) is 0.312. The monoisotopic (exact) mass is 331 g/mol. The molecule has 0 bridgehead atoms. The number of benzene rings is 1. The second kappa shape index (κ2) is 7.28. The van der Waals surface area contributed by atoms with Crippen molar-refractivity contribution in [2.24, 2.45) is 0 Å². The van der Waals surface area contributed by atoms with E-state index in [2.05, 4.69) is 20.2 Å². The SMILES string of the molecule is O=CN1CCN(c2cc(NCc3ccc(Cl)cc3)ncn2)CC1. The number of halogens is 1. The Morgan fingerprint density at radius 1 is 1.13 bits per heavy atom. The zero-order valence-electron chi connectivity index (χ0n) is 12.7. The van der Waals surface area contributed by atoms with E-state index in [1.165, 1.54) is 0 Å². The molecule has 0 radical (unpaired) electrons. The highest BCUT2D eigenvalue weighted by atomic mass is 35.5. The number of nitrogens with zero attached hydrogens (tertiary/aromatic N) is 4. The maximum Gasteiger partial charge on any atom is 0.209 e. The van der Waals surface area contributed by atoms with E-state index in [1.54, 1.807) is 11.2 Å². The molecule has 0 atom stereocenters. The maximum atomic E-state index is 10.8. The highest BCUT2D eigenvalue weighted by Gasteiger charge is 2.17. The summed E-state index contributed by atoms with van der Waals surface area (Å²) in [7, 11) is 0. The molecule has 2 heterocycles. The van der Waals surface area contributed by atoms with E-state index < -0.39 is 0 Å². The van der Waals surface area contributed by atoms with Crippen molar-refractivity contribution in [3.63, 3.8) is 0 Å². The Labute approximate surface area is 140 Å². The number of hydrogen-bond acceptors (Lipinski definition) is 5. The first-order chi connectivity index (χ1) is 11.2. The van der Waals surface area contributed by atoms with E-state index in [0.29, 0.717) is 6.54 Å². The van der Waals surface area contributed by atoms with Crippen LogP contribution in [0.3, 0.4) is 0 Å². The Hall–Kier alpha value is -2.34. The number of aromatic nitrogens is 2. The number of carbonyl (C=O) groups excluding carboxylic acids is 1. The third-order valence-electron chi connectivity index (χ3n) is 3.83. The molecule has 23 heavy (non-hydrogen) atoms. The molecule has 120 valence electrons. The number of carbonyl (C=O) groups is 1. The van der Waals surface area contributed by atoms with Gasteiger partial charge in [0.05, 0.1) is 0 Å². The largest absolute Gasteiger partial charge is 0.366 e. The Kier molecular flexibility index (Phi) is 4.92. The Morgan fingerprint density at radius 3 is 2.57 bits per heavy atom. The summed E-state index contributed by atoms with van der Waals surface area (Å²) in [6.07, 6.45) is 2.46. The van der Waals surface area contributed by atoms with Gasteiger partial charge in [-0.1, -0.05) is 23.7 Å². The van der Waals surface area contributed by atoms with Crippen LogP contribution in [0.2, 0.25) is 5.02 Å². The minimum absolute atomic E-state index is 0.673. The van der Waals surface area contributed by atoms with Crippen LogP contribution in [0.5, 0.6) is 0 Å². The van der Waals surface area contributed by atoms with E-state index in [1.807, 2.05) is 30.3 Å². The molecule has 0 spiro atoms. The van der Waals surface area contributed by atoms with E-state index in [9.17, 15) is 4.79 Å². The molecule has 1 aromatic carbocycles. The molecule has 0 aliphatic carbocycles. The molecule has 1 fully saturated rings. The van der Waals surface area contributed by atoms with Gasteiger partial charge in [-0.25, -0.2) is 9.97 Å². The van der Waals surface area contributed by atoms with Crippen LogP contribution in [0.1, 0.15) is 5.56 Å². The third kappa shape index (κ3) is 4.10. The highest BCUT2D eigenvalue weighted by molar-refractivity contribution is 6.30. The Balaban J connectivity index is 1.61. The molecular formula is C16H18ClN5O. The fourth-order valence-corrected chi connectivity index (χ4v) is 2.59. The molecule has 1 amide bonds. The molecule has 1 aliphatic heterocycles. The van der Waals surface area contributed by atoms with Crippen molar-refractivity contribution in [2.45, 2.75) is 6.54 Å². The van der Waals surface area contributed by atoms with Crippen LogP contribution in [-0.4, -0.2) is 47.5 Å². The summed E-state index contributed by atoms with van der Waals surface area (Å²) < 4.78 is 0. The second-order valence-corrected chi connectivity index (χ2v) is 5.81. The Morgan fingerprint density at radius 2 is 1.87 bits per heavy atom. The van der Waals surface area contributed by atoms with Crippen LogP contribution >= 0.6 is 11.6 Å². The van der Waals surface area contributed by atoms with Crippen molar-refractivity contribution in [1.82, 2.24) is 14.9 Å². The number of hydrogen-bond donors (Lipinski definition) is 1. The van der Waals surface area contributed by atoms with Crippen molar-refractivity contribution >= 4 is 29.6 Å². The summed E-state index contributed by atoms with van der Waals surface area (Å²) in [5.41, 5.74) is 1.13. The van der Waals surface area contributed by atoms with Crippen LogP contribution in [-0.2, 0) is 11.3 Å². The van der Waals surface area contributed by atoms with E-state index in [4.69, 9.17) is 11.6 Å². The normalized spacial score (nSPS) is 14.7. The van der Waals surface area contributed by atoms with E-state index >= 15 is 0 Å². The zero-order chi connectivity index (χ0) is 16.1. The minimum Gasteiger partial charge on any atom is -0.366 e. The van der Waals surface area contributed by atoms with Gasteiger partial charge in [0.25, 0.3) is 0 Å². The maximum absolute atomic E-state index is 10.8. The summed E-state index contributed by atoms with van der Waals surface area (Å²) in [5.74, 6) is 1.66. The first-order valence-electron chi connectivity index (χ1n) is 7.49. The van der Waals surface area contributed by atoms with E-state index in [-0.39, 0.29) is 0 Å². The number of piperazine rings is 1. The molecule has 0 saturated carbocycles. The van der Waals surface area contributed by atoms with Gasteiger partial charge in [0.2, 0.25) is 6.41 Å². The first-order valence-corrected chi connectivity index (χ1v) is 7.87. The van der Waals surface area contributed by atoms with Crippen molar-refractivity contribution in [2.75, 3.05) is 36.4 Å². The lowest BCUT2D eigenvalue weighted by atomic mass is 10.2. The predicted molar refractivity (Wildman–Crippen MR) is 90.7 cm³/mol. The smallest absolute Gasteiger partial charge is 0.209 e. The fourth-order valence-electron chi connectivity index (χ4n) is 2.47. The zero-order valence-corrected chi connectivity index (χ0v) is 13.4. The average Bonchev–Trinajstić information content (AvgIpc) is 2.61. The Bertz CT molecular complexity index is 656. The molecule has 6 nitrogen and oxygen atoms in total. The van der Waals surface area contributed by atoms with Gasteiger partial charge in [0, 0.05) is 43.8 Å². The van der Waals surface area contributed by atoms with Gasteiger partial charge in [-0.2, -0.15) is 0 Å². The summed E-state index contributed by atoms with van der Waals surface area (Å²) in [5, 5.41) is 4.02. The molecule has 1 N–H and O–H groups in total. The topological polar surface area (TPSA) is 61.4 Å². The summed E-state index contributed by atoms with van der Waals surface area (Å²) in [4.78, 5) is 23.3. The van der Waals surface area contributed by atoms with Gasteiger partial charge < -0.3 is 15.1 Å². The lowest BCUT2D eigenvalue weighted by molar-refractivity contribution is -0.118. The van der Waals surface area contributed by atoms with Crippen molar-refractivity contribution in [3.05, 3.63) is 47.2 Å². The van der Waals surface area contributed by atoms with Gasteiger partial charge >= 0.3 is 0 Å². The van der Waals surface area contributed by atoms with Gasteiger partial charge in [0.1, 0.15) is 18.0 Å². The van der Waals surface area contributed by atoms with Crippen LogP contribution in [0.15, 0.2) is 36.7 Å². The van der Waals surface area contributed by atoms with Crippen LogP contribution in [0, 0.1) is 0 Å². The third-order valence-corrected chi connectivity index (χ3v) is 4.08. The second-order valence-electron chi connectivity index (χ2n) is 5.37. The van der Waals surface area contributed by atoms with Crippen LogP contribution in [0.4, 0.5) is 11.6 Å². The standard InChI is InChI=1S/C16H18ClN5O/c17-14-3-1-13(2-4-14)10-18-15-9-16(20-11-19-15)22-7-5-21(12-23)6-8-22/h1-4,9,11-12H,5-8,10H2,(H,18,19,20). The van der Waals surface area contributed by atoms with E-state index in [0.717, 1.165) is 54.8 Å². The molecule has 3 rings (SSSR count). The number of nitrogens with one attached hydrogen (secondary N) is 1. The first kappa shape index (κ1) is 15.6. The van der Waals surface area contributed by atoms with Crippen LogP contribution in [0.25, 0.3) is 0 Å². The van der Waals surface area contributed by atoms with Crippen molar-refractivity contribution < 1.29 is 4.79 Å². The lowest BCUT2D eigenvalue weighted by Crippen LogP contribution is -2.46. The molecule has 1 aliphatic rings. The van der Waals surface area contributed by atoms with Gasteiger partial charge in [-0.15, -0.1) is 0 Å². The number of anilines is 2. The summed E-state index contributed by atoms with van der Waals surface area (Å²) in [6.45, 7) is 3.69. The number of amides is 1. The quantitative estimate of drug-likeness (QED) is 0.849. The molecule has 2 aromatic rings. The molecule has 7 heteroatoms. The minimum atomic E-state index is 0.673. The van der Waals surface area contributed by atoms with Gasteiger partial charge in [-0.3, -0.25) is 4.79 Å². The van der Waals surface area contributed by atoms with Gasteiger partial charge in [-0.05, 0) is 17.7 Å². The van der Waals surface area contributed by atoms with Crippen molar-refractivity contribution in [1.29, 1.82) is 0 Å². The molecule has 0 unspecified atom stereocenters. The molecule has 1 saturated heterocycles. The molecule has 1 aromatic heterocycles. The van der Waals surface area contributed by atoms with Gasteiger partial charge in [0.15, 0.2) is 0 Å². The predicted octanol–water partition coefficient (Wildman–Crippen LogP) is 2.02.